The van der Waals surface area contributed by atoms with Crippen LogP contribution < -0.4 is 15.4 Å². The van der Waals surface area contributed by atoms with Crippen LogP contribution in [-0.2, 0) is 0 Å². The van der Waals surface area contributed by atoms with Gasteiger partial charge < -0.3 is 15.4 Å². The van der Waals surface area contributed by atoms with Crippen molar-refractivity contribution in [3.05, 3.63) is 36.4 Å². The van der Waals surface area contributed by atoms with Gasteiger partial charge in [-0.1, -0.05) is 19.3 Å². The summed E-state index contributed by atoms with van der Waals surface area (Å²) in [7, 11) is 0. The van der Waals surface area contributed by atoms with Gasteiger partial charge in [0.25, 0.3) is 0 Å². The third-order valence-corrected chi connectivity index (χ3v) is 4.51. The molecule has 0 aliphatic heterocycles. The summed E-state index contributed by atoms with van der Waals surface area (Å²) in [6.45, 7) is 2.62. The van der Waals surface area contributed by atoms with Crippen molar-refractivity contribution in [3.8, 4) is 5.75 Å². The van der Waals surface area contributed by atoms with Gasteiger partial charge in [-0.2, -0.15) is 5.10 Å². The number of amides is 2. The second kappa shape index (κ2) is 8.50. The number of anilines is 1. The minimum Gasteiger partial charge on any atom is -0.493 e. The molecule has 0 bridgehead atoms. The van der Waals surface area contributed by atoms with Gasteiger partial charge in [0.1, 0.15) is 17.9 Å². The lowest BCUT2D eigenvalue weighted by atomic mass is 9.90. The molecule has 1 aliphatic carbocycles. The second-order valence-electron chi connectivity index (χ2n) is 6.53. The summed E-state index contributed by atoms with van der Waals surface area (Å²) in [5.41, 5.74) is 0.715. The fourth-order valence-corrected chi connectivity index (χ4v) is 3.06. The quantitative estimate of drug-likeness (QED) is 0.746. The van der Waals surface area contributed by atoms with Crippen LogP contribution in [0.5, 0.6) is 5.75 Å². The molecule has 7 heteroatoms. The molecule has 1 aliphatic rings. The van der Waals surface area contributed by atoms with Gasteiger partial charge in [-0.3, -0.25) is 5.10 Å². The topological polar surface area (TPSA) is 91.9 Å². The first kappa shape index (κ1) is 17.3. The number of aromatic amines is 1. The first-order valence-electron chi connectivity index (χ1n) is 8.86. The highest BCUT2D eigenvalue weighted by molar-refractivity contribution is 5.89. The Bertz CT molecular complexity index is 651. The molecule has 1 saturated carbocycles. The lowest BCUT2D eigenvalue weighted by Gasteiger charge is -2.21. The van der Waals surface area contributed by atoms with E-state index >= 15 is 0 Å². The molecule has 0 spiro atoms. The van der Waals surface area contributed by atoms with Gasteiger partial charge >= 0.3 is 6.03 Å². The summed E-state index contributed by atoms with van der Waals surface area (Å²) < 4.78 is 5.87. The predicted octanol–water partition coefficient (Wildman–Crippen LogP) is 3.65. The Labute approximate surface area is 147 Å². The van der Waals surface area contributed by atoms with Crippen molar-refractivity contribution < 1.29 is 9.53 Å². The van der Waals surface area contributed by atoms with Crippen LogP contribution in [0.2, 0.25) is 0 Å². The first-order chi connectivity index (χ1) is 12.2. The van der Waals surface area contributed by atoms with E-state index in [1.165, 1.54) is 38.4 Å². The SMILES string of the molecule is CC(NC(=O)Nc1ccc(OCC2CCCCC2)cc1)c1ncn[nH]1. The van der Waals surface area contributed by atoms with Crippen molar-refractivity contribution in [1.29, 1.82) is 0 Å². The molecule has 3 N–H and O–H groups in total. The number of rotatable bonds is 6. The molecule has 1 aromatic heterocycles. The van der Waals surface area contributed by atoms with Crippen molar-refractivity contribution in [3.63, 3.8) is 0 Å². The van der Waals surface area contributed by atoms with Crippen LogP contribution in [0, 0.1) is 5.92 Å². The predicted molar refractivity (Wildman–Crippen MR) is 95.5 cm³/mol. The highest BCUT2D eigenvalue weighted by Crippen LogP contribution is 2.25. The summed E-state index contributed by atoms with van der Waals surface area (Å²) in [5.74, 6) is 2.13. The molecule has 1 aromatic carbocycles. The number of urea groups is 1. The summed E-state index contributed by atoms with van der Waals surface area (Å²) >= 11 is 0. The maximum atomic E-state index is 12.0. The van der Waals surface area contributed by atoms with E-state index in [9.17, 15) is 4.79 Å². The van der Waals surface area contributed by atoms with Crippen LogP contribution in [-0.4, -0.2) is 27.8 Å². The Morgan fingerprint density at radius 2 is 2.04 bits per heavy atom. The summed E-state index contributed by atoms with van der Waals surface area (Å²) in [4.78, 5) is 16.0. The smallest absolute Gasteiger partial charge is 0.319 e. The van der Waals surface area contributed by atoms with Crippen LogP contribution >= 0.6 is 0 Å². The second-order valence-corrected chi connectivity index (χ2v) is 6.53. The van der Waals surface area contributed by atoms with Crippen LogP contribution in [0.3, 0.4) is 0 Å². The number of hydrogen-bond donors (Lipinski definition) is 3. The number of hydrogen-bond acceptors (Lipinski definition) is 4. The van der Waals surface area contributed by atoms with E-state index in [1.807, 2.05) is 31.2 Å². The Kier molecular flexibility index (Phi) is 5.87. The molecular formula is C18H25N5O2. The zero-order valence-corrected chi connectivity index (χ0v) is 14.5. The van der Waals surface area contributed by atoms with E-state index in [0.717, 1.165) is 12.4 Å². The molecule has 1 heterocycles. The van der Waals surface area contributed by atoms with Gasteiger partial charge in [0.2, 0.25) is 0 Å². The maximum absolute atomic E-state index is 12.0. The number of carbonyl (C=O) groups excluding carboxylic acids is 1. The largest absolute Gasteiger partial charge is 0.493 e. The Morgan fingerprint density at radius 1 is 1.28 bits per heavy atom. The fraction of sp³-hybridized carbons (Fsp3) is 0.500. The molecule has 3 rings (SSSR count). The van der Waals surface area contributed by atoms with Crippen LogP contribution in [0.15, 0.2) is 30.6 Å². The molecule has 134 valence electrons. The zero-order valence-electron chi connectivity index (χ0n) is 14.5. The molecule has 1 unspecified atom stereocenters. The van der Waals surface area contributed by atoms with E-state index in [2.05, 4.69) is 25.8 Å². The van der Waals surface area contributed by atoms with E-state index in [-0.39, 0.29) is 12.1 Å². The van der Waals surface area contributed by atoms with Gasteiger partial charge in [-0.05, 0) is 49.9 Å². The highest BCUT2D eigenvalue weighted by Gasteiger charge is 2.14. The summed E-state index contributed by atoms with van der Waals surface area (Å²) in [5, 5.41) is 12.1. The van der Waals surface area contributed by atoms with Gasteiger partial charge in [-0.25, -0.2) is 9.78 Å². The van der Waals surface area contributed by atoms with Gasteiger partial charge in [0.05, 0.1) is 12.6 Å². The number of carbonyl (C=O) groups is 1. The van der Waals surface area contributed by atoms with E-state index in [4.69, 9.17) is 4.74 Å². The maximum Gasteiger partial charge on any atom is 0.319 e. The Balaban J connectivity index is 1.44. The monoisotopic (exact) mass is 343 g/mol. The van der Waals surface area contributed by atoms with Crippen LogP contribution in [0.25, 0.3) is 0 Å². The standard InChI is InChI=1S/C18H25N5O2/c1-13(17-19-12-20-23-17)21-18(24)22-15-7-9-16(10-8-15)25-11-14-5-3-2-4-6-14/h7-10,12-14H,2-6,11H2,1H3,(H,19,20,23)(H2,21,22,24). The number of nitrogens with one attached hydrogen (secondary N) is 3. The number of H-pyrrole nitrogens is 1. The molecule has 1 fully saturated rings. The van der Waals surface area contributed by atoms with Crippen molar-refractivity contribution in [2.75, 3.05) is 11.9 Å². The average molecular weight is 343 g/mol. The summed E-state index contributed by atoms with van der Waals surface area (Å²) in [6.07, 6.45) is 7.94. The van der Waals surface area contributed by atoms with Crippen molar-refractivity contribution in [1.82, 2.24) is 20.5 Å². The average Bonchev–Trinajstić information content (AvgIpc) is 3.17. The molecule has 0 radical (unpaired) electrons. The van der Waals surface area contributed by atoms with Gasteiger partial charge in [-0.15, -0.1) is 0 Å². The van der Waals surface area contributed by atoms with E-state index in [1.54, 1.807) is 0 Å². The molecule has 2 aromatic rings. The first-order valence-corrected chi connectivity index (χ1v) is 8.86. The van der Waals surface area contributed by atoms with Gasteiger partial charge in [0, 0.05) is 5.69 Å². The molecular weight excluding hydrogens is 318 g/mol. The molecule has 7 nitrogen and oxygen atoms in total. The minimum absolute atomic E-state index is 0.249. The van der Waals surface area contributed by atoms with Crippen LogP contribution in [0.1, 0.15) is 50.9 Å². The zero-order chi connectivity index (χ0) is 17.5. The Morgan fingerprint density at radius 3 is 2.72 bits per heavy atom. The Hall–Kier alpha value is -2.57. The molecule has 2 amide bonds. The van der Waals surface area contributed by atoms with Crippen molar-refractivity contribution in [2.45, 2.75) is 45.1 Å². The molecule has 0 saturated heterocycles. The number of aromatic nitrogens is 3. The minimum atomic E-state index is -0.292. The third-order valence-electron chi connectivity index (χ3n) is 4.51. The normalized spacial score (nSPS) is 16.2. The highest BCUT2D eigenvalue weighted by atomic mass is 16.5. The van der Waals surface area contributed by atoms with Crippen LogP contribution in [0.4, 0.5) is 10.5 Å². The molecule has 1 atom stereocenters. The number of benzene rings is 1. The number of ether oxygens (including phenoxy) is 1. The third kappa shape index (κ3) is 5.20. The van der Waals surface area contributed by atoms with Gasteiger partial charge in [0.15, 0.2) is 0 Å². The summed E-state index contributed by atoms with van der Waals surface area (Å²) in [6, 6.07) is 6.92. The molecule has 25 heavy (non-hydrogen) atoms. The fourth-order valence-electron chi connectivity index (χ4n) is 3.06. The lowest BCUT2D eigenvalue weighted by molar-refractivity contribution is 0.209. The lowest BCUT2D eigenvalue weighted by Crippen LogP contribution is -2.31. The van der Waals surface area contributed by atoms with Crippen molar-refractivity contribution >= 4 is 11.7 Å². The van der Waals surface area contributed by atoms with Crippen molar-refractivity contribution in [2.24, 2.45) is 5.92 Å². The number of nitrogens with zero attached hydrogens (tertiary/aromatic N) is 2. The van der Waals surface area contributed by atoms with E-state index in [0.29, 0.717) is 17.4 Å². The van der Waals surface area contributed by atoms with E-state index < -0.39 is 0 Å².